The predicted octanol–water partition coefficient (Wildman–Crippen LogP) is -1.39. The molecule has 0 aliphatic carbocycles. The van der Waals surface area contributed by atoms with Crippen molar-refractivity contribution < 1.29 is 29.4 Å². The van der Waals surface area contributed by atoms with Crippen molar-refractivity contribution in [3.8, 4) is 0 Å². The lowest BCUT2D eigenvalue weighted by molar-refractivity contribution is -0.143. The number of benzene rings is 1. The van der Waals surface area contributed by atoms with Crippen LogP contribution in [-0.4, -0.2) is 69.7 Å². The number of carbonyl (C=O) groups is 4. The molecule has 31 heavy (non-hydrogen) atoms. The van der Waals surface area contributed by atoms with Crippen LogP contribution in [0.1, 0.15) is 19.4 Å². The van der Waals surface area contributed by atoms with E-state index in [1.165, 1.54) is 13.8 Å². The number of amides is 3. The summed E-state index contributed by atoms with van der Waals surface area (Å²) in [5.74, 6) is -3.43. The van der Waals surface area contributed by atoms with E-state index < -0.39 is 47.9 Å². The van der Waals surface area contributed by atoms with Gasteiger partial charge in [0.1, 0.15) is 18.1 Å². The summed E-state index contributed by atoms with van der Waals surface area (Å²) < 4.78 is 0. The zero-order valence-electron chi connectivity index (χ0n) is 17.2. The van der Waals surface area contributed by atoms with Gasteiger partial charge in [0.2, 0.25) is 17.7 Å². The van der Waals surface area contributed by atoms with Crippen LogP contribution in [0.15, 0.2) is 30.5 Å². The third-order valence-corrected chi connectivity index (χ3v) is 4.73. The number of carbonyl (C=O) groups excluding carboxylic acids is 3. The molecular weight excluding hydrogens is 406 g/mol. The molecule has 4 atom stereocenters. The molecule has 8 N–H and O–H groups in total. The van der Waals surface area contributed by atoms with Gasteiger partial charge in [0.15, 0.2) is 0 Å². The minimum atomic E-state index is -1.42. The van der Waals surface area contributed by atoms with Gasteiger partial charge in [0.25, 0.3) is 0 Å². The number of nitrogens with two attached hydrogens (primary N) is 1. The van der Waals surface area contributed by atoms with Crippen LogP contribution in [0.5, 0.6) is 0 Å². The summed E-state index contributed by atoms with van der Waals surface area (Å²) in [5, 5.41) is 27.4. The number of rotatable bonds is 10. The van der Waals surface area contributed by atoms with Crippen molar-refractivity contribution in [1.29, 1.82) is 0 Å². The number of carboxylic acids is 1. The van der Waals surface area contributed by atoms with Gasteiger partial charge in [-0.25, -0.2) is 4.79 Å². The van der Waals surface area contributed by atoms with Crippen LogP contribution >= 0.6 is 0 Å². The Morgan fingerprint density at radius 1 is 1.06 bits per heavy atom. The van der Waals surface area contributed by atoms with Crippen LogP contribution in [0.4, 0.5) is 0 Å². The van der Waals surface area contributed by atoms with Crippen molar-refractivity contribution in [1.82, 2.24) is 20.9 Å². The molecule has 0 aliphatic heterocycles. The number of H-pyrrole nitrogens is 1. The quantitative estimate of drug-likeness (QED) is 0.240. The van der Waals surface area contributed by atoms with E-state index in [0.717, 1.165) is 10.9 Å². The van der Waals surface area contributed by atoms with E-state index in [1.54, 1.807) is 6.20 Å². The summed E-state index contributed by atoms with van der Waals surface area (Å²) in [6, 6.07) is 3.61. The van der Waals surface area contributed by atoms with Crippen molar-refractivity contribution in [2.45, 2.75) is 44.5 Å². The van der Waals surface area contributed by atoms with Gasteiger partial charge >= 0.3 is 5.97 Å². The van der Waals surface area contributed by atoms with E-state index in [0.29, 0.717) is 5.56 Å². The first kappa shape index (κ1) is 23.8. The molecule has 1 aromatic carbocycles. The first-order valence-electron chi connectivity index (χ1n) is 9.70. The van der Waals surface area contributed by atoms with Gasteiger partial charge in [-0.15, -0.1) is 0 Å². The van der Waals surface area contributed by atoms with Crippen LogP contribution < -0.4 is 21.7 Å². The number of aromatic nitrogens is 1. The highest BCUT2D eigenvalue weighted by atomic mass is 16.4. The minimum Gasteiger partial charge on any atom is -0.480 e. The van der Waals surface area contributed by atoms with Crippen molar-refractivity contribution in [3.63, 3.8) is 0 Å². The number of aliphatic hydroxyl groups is 1. The maximum absolute atomic E-state index is 12.7. The second-order valence-corrected chi connectivity index (χ2v) is 7.18. The SMILES string of the molecule is CC(NC(=O)CN)C(=O)NC(C(=O)NC(Cc1c[nH]c2ccccc12)C(=O)O)C(C)O. The Labute approximate surface area is 178 Å². The van der Waals surface area contributed by atoms with Crippen molar-refractivity contribution in [3.05, 3.63) is 36.0 Å². The summed E-state index contributed by atoms with van der Waals surface area (Å²) in [5.41, 5.74) is 6.71. The van der Waals surface area contributed by atoms with Crippen LogP contribution in [0.3, 0.4) is 0 Å². The van der Waals surface area contributed by atoms with E-state index in [-0.39, 0.29) is 13.0 Å². The molecule has 0 fully saturated rings. The number of aromatic amines is 1. The average Bonchev–Trinajstić information content (AvgIpc) is 3.13. The van der Waals surface area contributed by atoms with Crippen LogP contribution in [-0.2, 0) is 25.6 Å². The first-order valence-corrected chi connectivity index (χ1v) is 9.70. The van der Waals surface area contributed by atoms with Gasteiger partial charge in [-0.2, -0.15) is 0 Å². The lowest BCUT2D eigenvalue weighted by atomic mass is 10.0. The number of aliphatic hydroxyl groups excluding tert-OH is 1. The zero-order chi connectivity index (χ0) is 23.1. The fourth-order valence-corrected chi connectivity index (χ4v) is 3.03. The average molecular weight is 433 g/mol. The number of hydrogen-bond donors (Lipinski definition) is 7. The summed E-state index contributed by atoms with van der Waals surface area (Å²) in [6.07, 6.45) is 0.348. The topological polar surface area (TPSA) is 187 Å². The largest absolute Gasteiger partial charge is 0.480 e. The lowest BCUT2D eigenvalue weighted by Gasteiger charge is -2.25. The van der Waals surface area contributed by atoms with Gasteiger partial charge in [0, 0.05) is 23.5 Å². The first-order chi connectivity index (χ1) is 14.6. The summed E-state index contributed by atoms with van der Waals surface area (Å²) in [6.45, 7) is 2.35. The molecule has 11 heteroatoms. The van der Waals surface area contributed by atoms with Gasteiger partial charge < -0.3 is 36.9 Å². The Balaban J connectivity index is 2.10. The van der Waals surface area contributed by atoms with E-state index in [9.17, 15) is 29.4 Å². The van der Waals surface area contributed by atoms with Gasteiger partial charge in [0.05, 0.1) is 12.6 Å². The van der Waals surface area contributed by atoms with E-state index in [2.05, 4.69) is 20.9 Å². The Morgan fingerprint density at radius 3 is 2.35 bits per heavy atom. The molecule has 2 rings (SSSR count). The number of hydrogen-bond acceptors (Lipinski definition) is 6. The normalized spacial score (nSPS) is 14.8. The molecule has 11 nitrogen and oxygen atoms in total. The molecule has 0 aliphatic rings. The zero-order valence-corrected chi connectivity index (χ0v) is 17.2. The van der Waals surface area contributed by atoms with E-state index >= 15 is 0 Å². The molecule has 0 radical (unpaired) electrons. The highest BCUT2D eigenvalue weighted by molar-refractivity contribution is 5.94. The third kappa shape index (κ3) is 6.27. The van der Waals surface area contributed by atoms with Gasteiger partial charge in [-0.05, 0) is 25.5 Å². The molecule has 0 saturated heterocycles. The molecule has 1 aromatic heterocycles. The fraction of sp³-hybridized carbons (Fsp3) is 0.400. The van der Waals surface area contributed by atoms with Crippen LogP contribution in [0, 0.1) is 0 Å². The summed E-state index contributed by atoms with van der Waals surface area (Å²) in [7, 11) is 0. The molecular formula is C20H27N5O6. The predicted molar refractivity (Wildman–Crippen MR) is 112 cm³/mol. The Morgan fingerprint density at radius 2 is 1.74 bits per heavy atom. The second-order valence-electron chi connectivity index (χ2n) is 7.18. The molecule has 0 bridgehead atoms. The number of para-hydroxylation sites is 1. The molecule has 3 amide bonds. The Hall–Kier alpha value is -3.44. The lowest BCUT2D eigenvalue weighted by Crippen LogP contribution is -2.59. The molecule has 0 saturated carbocycles. The Kier molecular flexibility index (Phi) is 8.11. The number of aliphatic carboxylic acids is 1. The van der Waals surface area contributed by atoms with Crippen molar-refractivity contribution in [2.24, 2.45) is 5.73 Å². The maximum atomic E-state index is 12.7. The monoisotopic (exact) mass is 433 g/mol. The molecule has 168 valence electrons. The van der Waals surface area contributed by atoms with Gasteiger partial charge in [-0.3, -0.25) is 14.4 Å². The highest BCUT2D eigenvalue weighted by Crippen LogP contribution is 2.19. The van der Waals surface area contributed by atoms with E-state index in [1.807, 2.05) is 24.3 Å². The van der Waals surface area contributed by atoms with Crippen molar-refractivity contribution in [2.75, 3.05) is 6.54 Å². The summed E-state index contributed by atoms with van der Waals surface area (Å²) in [4.78, 5) is 51.0. The number of fused-ring (bicyclic) bond motifs is 1. The summed E-state index contributed by atoms with van der Waals surface area (Å²) >= 11 is 0. The number of carboxylic acid groups (broad SMARTS) is 1. The second kappa shape index (κ2) is 10.5. The fourth-order valence-electron chi connectivity index (χ4n) is 3.03. The minimum absolute atomic E-state index is 0.00543. The third-order valence-electron chi connectivity index (χ3n) is 4.73. The smallest absolute Gasteiger partial charge is 0.326 e. The van der Waals surface area contributed by atoms with Crippen LogP contribution in [0.25, 0.3) is 10.9 Å². The van der Waals surface area contributed by atoms with Gasteiger partial charge in [-0.1, -0.05) is 18.2 Å². The number of nitrogens with one attached hydrogen (secondary N) is 4. The van der Waals surface area contributed by atoms with Crippen LogP contribution in [0.2, 0.25) is 0 Å². The molecule has 2 aromatic rings. The van der Waals surface area contributed by atoms with E-state index in [4.69, 9.17) is 5.73 Å². The molecule has 1 heterocycles. The molecule has 4 unspecified atom stereocenters. The molecule has 0 spiro atoms. The Bertz CT molecular complexity index is 956. The maximum Gasteiger partial charge on any atom is 0.326 e. The van der Waals surface area contributed by atoms with Crippen molar-refractivity contribution >= 4 is 34.6 Å². The standard InChI is InChI=1S/C20H27N5O6/c1-10(23-16(27)8-21)18(28)25-17(11(2)26)19(29)24-15(20(30)31)7-12-9-22-14-6-4-3-5-13(12)14/h3-6,9-11,15,17,22,26H,7-8,21H2,1-2H3,(H,23,27)(H,24,29)(H,25,28)(H,30,31). The highest BCUT2D eigenvalue weighted by Gasteiger charge is 2.31.